The van der Waals surface area contributed by atoms with Gasteiger partial charge in [0, 0.05) is 31.8 Å². The Morgan fingerprint density at radius 1 is 1.47 bits per heavy atom. The quantitative estimate of drug-likeness (QED) is 0.734. The number of nitrogens with zero attached hydrogens (tertiary/aromatic N) is 4. The predicted octanol–water partition coefficient (Wildman–Crippen LogP) is 1.47. The van der Waals surface area contributed by atoms with Crippen molar-refractivity contribution >= 4 is 0 Å². The second-order valence-electron chi connectivity index (χ2n) is 3.24. The first-order chi connectivity index (χ1) is 7.33. The molecule has 4 heteroatoms. The minimum absolute atomic E-state index is 0.348. The number of hydrogen-bond donors (Lipinski definition) is 0. The Morgan fingerprint density at radius 2 is 2.33 bits per heavy atom. The molecule has 0 fully saturated rings. The van der Waals surface area contributed by atoms with Crippen LogP contribution in [-0.4, -0.2) is 14.5 Å². The lowest BCUT2D eigenvalue weighted by Gasteiger charge is -2.08. The highest BCUT2D eigenvalue weighted by molar-refractivity contribution is 5.29. The van der Waals surface area contributed by atoms with Crippen LogP contribution >= 0.6 is 0 Å². The van der Waals surface area contributed by atoms with E-state index in [9.17, 15) is 0 Å². The summed E-state index contributed by atoms with van der Waals surface area (Å²) in [6, 6.07) is 5.94. The highest BCUT2D eigenvalue weighted by Crippen LogP contribution is 2.20. The van der Waals surface area contributed by atoms with Crippen molar-refractivity contribution in [1.29, 1.82) is 5.26 Å². The lowest BCUT2D eigenvalue weighted by Crippen LogP contribution is -2.05. The van der Waals surface area contributed by atoms with Gasteiger partial charge in [0.15, 0.2) is 0 Å². The van der Waals surface area contributed by atoms with Crippen molar-refractivity contribution in [3.05, 3.63) is 48.3 Å². The predicted molar refractivity (Wildman–Crippen MR) is 54.9 cm³/mol. The molecule has 0 amide bonds. The first-order valence-electron chi connectivity index (χ1n) is 4.59. The van der Waals surface area contributed by atoms with Gasteiger partial charge < -0.3 is 4.57 Å². The Labute approximate surface area is 87.8 Å². The van der Waals surface area contributed by atoms with Gasteiger partial charge in [-0.1, -0.05) is 6.07 Å². The zero-order valence-corrected chi connectivity index (χ0v) is 8.33. The van der Waals surface area contributed by atoms with E-state index < -0.39 is 0 Å². The molecule has 0 saturated heterocycles. The fourth-order valence-corrected chi connectivity index (χ4v) is 1.48. The van der Waals surface area contributed by atoms with E-state index in [0.29, 0.717) is 0 Å². The van der Waals surface area contributed by atoms with Crippen LogP contribution in [0.25, 0.3) is 0 Å². The van der Waals surface area contributed by atoms with Gasteiger partial charge in [0.25, 0.3) is 0 Å². The molecule has 2 aromatic rings. The summed E-state index contributed by atoms with van der Waals surface area (Å²) in [4.78, 5) is 8.18. The monoisotopic (exact) mass is 198 g/mol. The molecule has 0 bridgehead atoms. The minimum atomic E-state index is -0.348. The Kier molecular flexibility index (Phi) is 2.46. The third-order valence-electron chi connectivity index (χ3n) is 2.26. The molecule has 1 atom stereocenters. The smallest absolute Gasteiger partial charge is 0.131 e. The van der Waals surface area contributed by atoms with Gasteiger partial charge in [-0.2, -0.15) is 5.26 Å². The molecule has 0 saturated carbocycles. The van der Waals surface area contributed by atoms with E-state index in [0.717, 1.165) is 11.4 Å². The van der Waals surface area contributed by atoms with E-state index in [2.05, 4.69) is 16.0 Å². The number of pyridine rings is 1. The van der Waals surface area contributed by atoms with Crippen molar-refractivity contribution in [3.63, 3.8) is 0 Å². The van der Waals surface area contributed by atoms with Gasteiger partial charge in [0.2, 0.25) is 0 Å². The molecular weight excluding hydrogens is 188 g/mol. The van der Waals surface area contributed by atoms with Crippen LogP contribution in [0.1, 0.15) is 17.3 Å². The van der Waals surface area contributed by atoms with Crippen LogP contribution in [-0.2, 0) is 7.05 Å². The number of imidazole rings is 1. The van der Waals surface area contributed by atoms with E-state index in [4.69, 9.17) is 5.26 Å². The lowest BCUT2D eigenvalue weighted by molar-refractivity contribution is 0.781. The van der Waals surface area contributed by atoms with Gasteiger partial charge in [-0.3, -0.25) is 4.98 Å². The molecule has 0 aliphatic rings. The van der Waals surface area contributed by atoms with Gasteiger partial charge in [-0.15, -0.1) is 0 Å². The highest BCUT2D eigenvalue weighted by Gasteiger charge is 2.17. The van der Waals surface area contributed by atoms with Gasteiger partial charge in [-0.05, 0) is 11.6 Å². The molecule has 0 aliphatic heterocycles. The molecular formula is C11H10N4. The highest BCUT2D eigenvalue weighted by atomic mass is 15.0. The standard InChI is InChI=1S/C11H10N4/c1-15-6-5-14-11(15)10(7-12)9-3-2-4-13-8-9/h2-6,8,10H,1H3. The van der Waals surface area contributed by atoms with Crippen molar-refractivity contribution in [2.45, 2.75) is 5.92 Å². The summed E-state index contributed by atoms with van der Waals surface area (Å²) in [7, 11) is 1.88. The molecule has 15 heavy (non-hydrogen) atoms. The Balaban J connectivity index is 2.43. The molecule has 4 nitrogen and oxygen atoms in total. The zero-order valence-electron chi connectivity index (χ0n) is 8.33. The Morgan fingerprint density at radius 3 is 2.87 bits per heavy atom. The SMILES string of the molecule is Cn1ccnc1C(C#N)c1cccnc1. The largest absolute Gasteiger partial charge is 0.337 e. The molecule has 2 aromatic heterocycles. The van der Waals surface area contributed by atoms with Crippen molar-refractivity contribution in [3.8, 4) is 6.07 Å². The fraction of sp³-hybridized carbons (Fsp3) is 0.182. The summed E-state index contributed by atoms with van der Waals surface area (Å²) in [5.41, 5.74) is 0.870. The van der Waals surface area contributed by atoms with Gasteiger partial charge in [0.05, 0.1) is 6.07 Å². The van der Waals surface area contributed by atoms with E-state index in [1.165, 1.54) is 0 Å². The van der Waals surface area contributed by atoms with Crippen LogP contribution in [0.2, 0.25) is 0 Å². The van der Waals surface area contributed by atoms with Crippen LogP contribution in [0.15, 0.2) is 36.9 Å². The number of rotatable bonds is 2. The summed E-state index contributed by atoms with van der Waals surface area (Å²) in [6.45, 7) is 0. The first-order valence-corrected chi connectivity index (χ1v) is 4.59. The molecule has 2 rings (SSSR count). The molecule has 74 valence electrons. The maximum Gasteiger partial charge on any atom is 0.131 e. The van der Waals surface area contributed by atoms with Gasteiger partial charge in [0.1, 0.15) is 11.7 Å². The lowest BCUT2D eigenvalue weighted by atomic mass is 10.0. The second kappa shape index (κ2) is 3.93. The van der Waals surface area contributed by atoms with Crippen LogP contribution in [0.4, 0.5) is 0 Å². The van der Waals surface area contributed by atoms with E-state index in [-0.39, 0.29) is 5.92 Å². The normalized spacial score (nSPS) is 12.0. The summed E-state index contributed by atoms with van der Waals surface area (Å²) in [5.74, 6) is 0.393. The van der Waals surface area contributed by atoms with Crippen molar-refractivity contribution in [2.24, 2.45) is 7.05 Å². The van der Waals surface area contributed by atoms with Crippen LogP contribution in [0, 0.1) is 11.3 Å². The third-order valence-corrected chi connectivity index (χ3v) is 2.26. The number of nitriles is 1. The van der Waals surface area contributed by atoms with Gasteiger partial charge >= 0.3 is 0 Å². The molecule has 0 spiro atoms. The van der Waals surface area contributed by atoms with Gasteiger partial charge in [-0.25, -0.2) is 4.98 Å². The minimum Gasteiger partial charge on any atom is -0.337 e. The topological polar surface area (TPSA) is 54.5 Å². The van der Waals surface area contributed by atoms with Crippen molar-refractivity contribution in [1.82, 2.24) is 14.5 Å². The van der Waals surface area contributed by atoms with E-state index in [1.807, 2.05) is 29.9 Å². The summed E-state index contributed by atoms with van der Waals surface area (Å²) in [6.07, 6.45) is 6.91. The summed E-state index contributed by atoms with van der Waals surface area (Å²) in [5, 5.41) is 9.14. The molecule has 0 N–H and O–H groups in total. The molecule has 0 aliphatic carbocycles. The van der Waals surface area contributed by atoms with Crippen LogP contribution in [0.3, 0.4) is 0 Å². The fourth-order valence-electron chi connectivity index (χ4n) is 1.48. The average Bonchev–Trinajstić information content (AvgIpc) is 2.68. The Bertz CT molecular complexity index is 481. The molecule has 2 heterocycles. The van der Waals surface area contributed by atoms with Crippen molar-refractivity contribution in [2.75, 3.05) is 0 Å². The summed E-state index contributed by atoms with van der Waals surface area (Å²) >= 11 is 0. The van der Waals surface area contributed by atoms with Crippen molar-refractivity contribution < 1.29 is 0 Å². The maximum atomic E-state index is 9.14. The molecule has 0 aromatic carbocycles. The average molecular weight is 198 g/mol. The Hall–Kier alpha value is -2.15. The van der Waals surface area contributed by atoms with E-state index >= 15 is 0 Å². The maximum absolute atomic E-state index is 9.14. The van der Waals surface area contributed by atoms with E-state index in [1.54, 1.807) is 18.6 Å². The zero-order chi connectivity index (χ0) is 10.7. The first kappa shape index (κ1) is 9.41. The van der Waals surface area contributed by atoms with Crippen LogP contribution in [0.5, 0.6) is 0 Å². The number of aryl methyl sites for hydroxylation is 1. The summed E-state index contributed by atoms with van der Waals surface area (Å²) < 4.78 is 1.85. The number of aromatic nitrogens is 3. The molecule has 1 unspecified atom stereocenters. The second-order valence-corrected chi connectivity index (χ2v) is 3.24. The molecule has 0 radical (unpaired) electrons. The van der Waals surface area contributed by atoms with Crippen LogP contribution < -0.4 is 0 Å². The third kappa shape index (κ3) is 1.72. The number of hydrogen-bond acceptors (Lipinski definition) is 3.